The summed E-state index contributed by atoms with van der Waals surface area (Å²) in [4.78, 5) is 2.42. The van der Waals surface area contributed by atoms with Crippen LogP contribution in [0, 0.1) is 0 Å². The highest BCUT2D eigenvalue weighted by atomic mass is 32.2. The van der Waals surface area contributed by atoms with Gasteiger partial charge in [-0.1, -0.05) is 30.3 Å². The minimum absolute atomic E-state index is 0.129. The molecule has 0 aromatic heterocycles. The zero-order valence-electron chi connectivity index (χ0n) is 12.4. The minimum atomic E-state index is -3.20. The maximum Gasteiger partial charge on any atom is 0.218 e. The fraction of sp³-hybridized carbons (Fsp3) is 0.625. The molecule has 0 aliphatic carbocycles. The standard InChI is InChI=1S/C16H24N2O2S/c19-21(20,14-15-7-2-1-3-8-15)18-12-6-9-16(18)13-17-10-4-5-11-17/h1-3,7-8,16H,4-6,9-14H2/t16-/m0/s1. The van der Waals surface area contributed by atoms with Crippen molar-refractivity contribution in [2.75, 3.05) is 26.2 Å². The van der Waals surface area contributed by atoms with Crippen LogP contribution >= 0.6 is 0 Å². The Morgan fingerprint density at radius 1 is 1.00 bits per heavy atom. The van der Waals surface area contributed by atoms with Crippen LogP contribution in [0.5, 0.6) is 0 Å². The molecule has 0 unspecified atom stereocenters. The molecule has 2 aliphatic rings. The highest BCUT2D eigenvalue weighted by Crippen LogP contribution is 2.25. The molecule has 0 bridgehead atoms. The average molecular weight is 308 g/mol. The van der Waals surface area contributed by atoms with E-state index in [1.165, 1.54) is 12.8 Å². The van der Waals surface area contributed by atoms with Crippen molar-refractivity contribution in [3.8, 4) is 0 Å². The monoisotopic (exact) mass is 308 g/mol. The van der Waals surface area contributed by atoms with Crippen molar-refractivity contribution in [2.45, 2.75) is 37.5 Å². The predicted octanol–water partition coefficient (Wildman–Crippen LogP) is 2.08. The largest absolute Gasteiger partial charge is 0.302 e. The summed E-state index contributed by atoms with van der Waals surface area (Å²) in [6.07, 6.45) is 4.50. The van der Waals surface area contributed by atoms with Crippen molar-refractivity contribution < 1.29 is 8.42 Å². The first-order valence-corrected chi connectivity index (χ1v) is 9.52. The van der Waals surface area contributed by atoms with E-state index in [9.17, 15) is 8.42 Å². The van der Waals surface area contributed by atoms with E-state index >= 15 is 0 Å². The van der Waals surface area contributed by atoms with Gasteiger partial charge in [0.1, 0.15) is 0 Å². The van der Waals surface area contributed by atoms with Crippen molar-refractivity contribution in [2.24, 2.45) is 0 Å². The van der Waals surface area contributed by atoms with Gasteiger partial charge < -0.3 is 4.90 Å². The Labute approximate surface area is 127 Å². The van der Waals surface area contributed by atoms with Gasteiger partial charge in [0, 0.05) is 19.1 Å². The van der Waals surface area contributed by atoms with E-state index in [0.717, 1.165) is 38.0 Å². The number of nitrogens with zero attached hydrogens (tertiary/aromatic N) is 2. The van der Waals surface area contributed by atoms with Gasteiger partial charge in [-0.15, -0.1) is 0 Å². The number of hydrogen-bond acceptors (Lipinski definition) is 3. The Morgan fingerprint density at radius 2 is 1.71 bits per heavy atom. The average Bonchev–Trinajstić information content (AvgIpc) is 3.11. The Kier molecular flexibility index (Phi) is 4.62. The molecule has 0 radical (unpaired) electrons. The topological polar surface area (TPSA) is 40.6 Å². The third-order valence-electron chi connectivity index (χ3n) is 4.54. The first-order valence-electron chi connectivity index (χ1n) is 7.91. The van der Waals surface area contributed by atoms with Crippen LogP contribution in [-0.4, -0.2) is 49.8 Å². The van der Waals surface area contributed by atoms with Crippen LogP contribution in [0.25, 0.3) is 0 Å². The molecule has 0 spiro atoms. The van der Waals surface area contributed by atoms with Crippen molar-refractivity contribution in [3.05, 3.63) is 35.9 Å². The predicted molar refractivity (Wildman–Crippen MR) is 84.5 cm³/mol. The summed E-state index contributed by atoms with van der Waals surface area (Å²) in [7, 11) is -3.20. The van der Waals surface area contributed by atoms with Gasteiger partial charge >= 0.3 is 0 Å². The molecule has 1 aromatic rings. The smallest absolute Gasteiger partial charge is 0.218 e. The van der Waals surface area contributed by atoms with Gasteiger partial charge in [-0.25, -0.2) is 8.42 Å². The molecular weight excluding hydrogens is 284 g/mol. The maximum absolute atomic E-state index is 12.7. The van der Waals surface area contributed by atoms with Crippen LogP contribution in [0.15, 0.2) is 30.3 Å². The summed E-state index contributed by atoms with van der Waals surface area (Å²) in [5, 5.41) is 0. The number of sulfonamides is 1. The molecule has 0 amide bonds. The third kappa shape index (κ3) is 3.65. The summed E-state index contributed by atoms with van der Waals surface area (Å²) in [5.41, 5.74) is 0.879. The van der Waals surface area contributed by atoms with E-state index < -0.39 is 10.0 Å². The second-order valence-electron chi connectivity index (χ2n) is 6.16. The number of hydrogen-bond donors (Lipinski definition) is 0. The van der Waals surface area contributed by atoms with E-state index in [1.807, 2.05) is 30.3 Å². The van der Waals surface area contributed by atoms with E-state index in [-0.39, 0.29) is 11.8 Å². The van der Waals surface area contributed by atoms with E-state index in [2.05, 4.69) is 4.90 Å². The third-order valence-corrected chi connectivity index (χ3v) is 6.43. The highest BCUT2D eigenvalue weighted by molar-refractivity contribution is 7.88. The minimum Gasteiger partial charge on any atom is -0.302 e. The normalized spacial score (nSPS) is 24.7. The number of rotatable bonds is 5. The van der Waals surface area contributed by atoms with E-state index in [0.29, 0.717) is 6.54 Å². The van der Waals surface area contributed by atoms with Gasteiger partial charge in [0.2, 0.25) is 10.0 Å². The van der Waals surface area contributed by atoms with Crippen LogP contribution in [0.4, 0.5) is 0 Å². The Morgan fingerprint density at radius 3 is 2.43 bits per heavy atom. The molecule has 3 rings (SSSR count). The van der Waals surface area contributed by atoms with Crippen molar-refractivity contribution in [3.63, 3.8) is 0 Å². The molecule has 0 N–H and O–H groups in total. The molecule has 2 aliphatic heterocycles. The van der Waals surface area contributed by atoms with Crippen LogP contribution in [0.2, 0.25) is 0 Å². The summed E-state index contributed by atoms with van der Waals surface area (Å²) in [5.74, 6) is 0.129. The second kappa shape index (κ2) is 6.46. The van der Waals surface area contributed by atoms with Gasteiger partial charge in [-0.3, -0.25) is 0 Å². The van der Waals surface area contributed by atoms with E-state index in [1.54, 1.807) is 4.31 Å². The lowest BCUT2D eigenvalue weighted by Gasteiger charge is -2.27. The fourth-order valence-electron chi connectivity index (χ4n) is 3.49. The summed E-state index contributed by atoms with van der Waals surface area (Å²) in [6.45, 7) is 3.85. The summed E-state index contributed by atoms with van der Waals surface area (Å²) >= 11 is 0. The van der Waals surface area contributed by atoms with Crippen molar-refractivity contribution in [1.82, 2.24) is 9.21 Å². The van der Waals surface area contributed by atoms with Gasteiger partial charge in [0.25, 0.3) is 0 Å². The molecule has 21 heavy (non-hydrogen) atoms. The van der Waals surface area contributed by atoms with Gasteiger partial charge in [-0.2, -0.15) is 4.31 Å². The second-order valence-corrected chi connectivity index (χ2v) is 8.08. The molecule has 2 saturated heterocycles. The molecule has 116 valence electrons. The Bertz CT molecular complexity index is 553. The molecule has 1 aromatic carbocycles. The number of benzene rings is 1. The van der Waals surface area contributed by atoms with Crippen molar-refractivity contribution >= 4 is 10.0 Å². The molecule has 0 saturated carbocycles. The van der Waals surface area contributed by atoms with Gasteiger partial charge in [0.15, 0.2) is 0 Å². The zero-order chi connectivity index (χ0) is 14.7. The van der Waals surface area contributed by atoms with Crippen molar-refractivity contribution in [1.29, 1.82) is 0 Å². The zero-order valence-corrected chi connectivity index (χ0v) is 13.3. The molecule has 1 atom stereocenters. The van der Waals surface area contributed by atoms with Crippen LogP contribution in [0.1, 0.15) is 31.2 Å². The lowest BCUT2D eigenvalue weighted by molar-refractivity contribution is 0.257. The van der Waals surface area contributed by atoms with Gasteiger partial charge in [0.05, 0.1) is 5.75 Å². The van der Waals surface area contributed by atoms with Gasteiger partial charge in [-0.05, 0) is 44.3 Å². The molecular formula is C16H24N2O2S. The lowest BCUT2D eigenvalue weighted by atomic mass is 10.2. The Hall–Kier alpha value is -0.910. The molecule has 2 fully saturated rings. The number of likely N-dealkylation sites (tertiary alicyclic amines) is 1. The first-order chi connectivity index (χ1) is 10.1. The summed E-state index contributed by atoms with van der Waals surface area (Å²) < 4.78 is 27.1. The highest BCUT2D eigenvalue weighted by Gasteiger charge is 2.35. The molecule has 4 nitrogen and oxygen atoms in total. The Balaban J connectivity index is 1.68. The molecule has 2 heterocycles. The first kappa shape index (κ1) is 15.0. The quantitative estimate of drug-likeness (QED) is 0.836. The van der Waals surface area contributed by atoms with Crippen LogP contribution in [0.3, 0.4) is 0 Å². The lowest BCUT2D eigenvalue weighted by Crippen LogP contribution is -2.42. The van der Waals surface area contributed by atoms with Crippen LogP contribution in [-0.2, 0) is 15.8 Å². The molecule has 5 heteroatoms. The maximum atomic E-state index is 12.7. The van der Waals surface area contributed by atoms with Crippen LogP contribution < -0.4 is 0 Å². The SMILES string of the molecule is O=S(=O)(Cc1ccccc1)N1CCC[C@H]1CN1CCCC1. The van der Waals surface area contributed by atoms with E-state index in [4.69, 9.17) is 0 Å². The summed E-state index contributed by atoms with van der Waals surface area (Å²) in [6, 6.07) is 9.68. The fourth-order valence-corrected chi connectivity index (χ4v) is 5.30.